The minimum atomic E-state index is -0.293. The summed E-state index contributed by atoms with van der Waals surface area (Å²) in [6, 6.07) is 15.6. The van der Waals surface area contributed by atoms with E-state index >= 15 is 0 Å². The van der Waals surface area contributed by atoms with Crippen LogP contribution in [-0.2, 0) is 6.61 Å². The van der Waals surface area contributed by atoms with E-state index in [4.69, 9.17) is 10.6 Å². The van der Waals surface area contributed by atoms with Crippen LogP contribution < -0.4 is 16.0 Å². The lowest BCUT2D eigenvalue weighted by Gasteiger charge is -2.11. The molecule has 0 saturated carbocycles. The number of nitrogens with one attached hydrogen (secondary N) is 1. The fraction of sp³-hybridized carbons (Fsp3) is 0.0625. The van der Waals surface area contributed by atoms with E-state index in [1.807, 2.05) is 30.3 Å². The number of hydrogen-bond donors (Lipinski definition) is 2. The van der Waals surface area contributed by atoms with Crippen LogP contribution in [0.1, 0.15) is 5.56 Å². The molecule has 0 unspecified atom stereocenters. The zero-order valence-electron chi connectivity index (χ0n) is 11.2. The first-order valence-corrected chi connectivity index (χ1v) is 6.50. The molecule has 0 bridgehead atoms. The zero-order valence-corrected chi connectivity index (χ0v) is 11.2. The number of nitrogens with two attached hydrogens (primary N) is 1. The summed E-state index contributed by atoms with van der Waals surface area (Å²) in [6.45, 7) is 0.295. The number of pyridine rings is 1. The predicted octanol–water partition coefficient (Wildman–Crippen LogP) is 3.24. The highest BCUT2D eigenvalue weighted by Gasteiger charge is 2.07. The first-order chi connectivity index (χ1) is 10.3. The van der Waals surface area contributed by atoms with Gasteiger partial charge in [0.15, 0.2) is 0 Å². The first kappa shape index (κ1) is 13.3. The van der Waals surface area contributed by atoms with Crippen molar-refractivity contribution in [2.24, 2.45) is 5.84 Å². The molecule has 0 fully saturated rings. The topological polar surface area (TPSA) is 60.2 Å². The summed E-state index contributed by atoms with van der Waals surface area (Å²) < 4.78 is 18.5. The molecule has 106 valence electrons. The van der Waals surface area contributed by atoms with Gasteiger partial charge in [-0.2, -0.15) is 0 Å². The first-order valence-electron chi connectivity index (χ1n) is 6.50. The molecule has 3 rings (SSSR count). The molecule has 21 heavy (non-hydrogen) atoms. The van der Waals surface area contributed by atoms with Gasteiger partial charge in [-0.3, -0.25) is 0 Å². The lowest BCUT2D eigenvalue weighted by Crippen LogP contribution is -2.12. The van der Waals surface area contributed by atoms with E-state index in [9.17, 15) is 4.39 Å². The van der Waals surface area contributed by atoms with Crippen LogP contribution in [0, 0.1) is 5.82 Å². The number of para-hydroxylation sites is 1. The van der Waals surface area contributed by atoms with E-state index in [1.165, 1.54) is 12.1 Å². The van der Waals surface area contributed by atoms with Crippen molar-refractivity contribution in [1.82, 2.24) is 4.98 Å². The number of hydrazine groups is 1. The van der Waals surface area contributed by atoms with Crippen LogP contribution in [0.2, 0.25) is 0 Å². The number of rotatable bonds is 4. The Balaban J connectivity index is 1.86. The zero-order chi connectivity index (χ0) is 14.7. The number of anilines is 1. The second-order valence-corrected chi connectivity index (χ2v) is 4.58. The summed E-state index contributed by atoms with van der Waals surface area (Å²) in [5.41, 5.74) is 4.27. The van der Waals surface area contributed by atoms with Crippen molar-refractivity contribution >= 4 is 16.7 Å². The van der Waals surface area contributed by atoms with Crippen molar-refractivity contribution in [1.29, 1.82) is 0 Å². The average molecular weight is 283 g/mol. The summed E-state index contributed by atoms with van der Waals surface area (Å²) in [7, 11) is 0. The summed E-state index contributed by atoms with van der Waals surface area (Å²) in [5, 5.41) is 1.01. The van der Waals surface area contributed by atoms with Gasteiger partial charge >= 0.3 is 0 Å². The minimum absolute atomic E-state index is 0.293. The van der Waals surface area contributed by atoms with Gasteiger partial charge in [0, 0.05) is 10.9 Å². The maximum absolute atomic E-state index is 12.9. The second-order valence-electron chi connectivity index (χ2n) is 4.58. The van der Waals surface area contributed by atoms with Crippen molar-refractivity contribution in [3.63, 3.8) is 0 Å². The second kappa shape index (κ2) is 5.76. The molecule has 2 aromatic carbocycles. The van der Waals surface area contributed by atoms with Crippen LogP contribution in [-0.4, -0.2) is 4.98 Å². The molecular formula is C16H14FN3O. The summed E-state index contributed by atoms with van der Waals surface area (Å²) in [4.78, 5) is 4.44. The van der Waals surface area contributed by atoms with Gasteiger partial charge in [0.2, 0.25) is 0 Å². The van der Waals surface area contributed by atoms with Gasteiger partial charge in [0.25, 0.3) is 0 Å². The SMILES string of the molecule is NNc1nc2ccccc2cc1COc1ccc(F)cc1. The van der Waals surface area contributed by atoms with E-state index in [-0.39, 0.29) is 5.82 Å². The number of fused-ring (bicyclic) bond motifs is 1. The largest absolute Gasteiger partial charge is 0.489 e. The Hall–Kier alpha value is -2.66. The number of benzene rings is 2. The van der Waals surface area contributed by atoms with Gasteiger partial charge in [0.05, 0.1) is 5.52 Å². The third-order valence-electron chi connectivity index (χ3n) is 3.15. The Morgan fingerprint density at radius 3 is 2.62 bits per heavy atom. The van der Waals surface area contributed by atoms with Gasteiger partial charge in [-0.25, -0.2) is 15.2 Å². The summed E-state index contributed by atoms with van der Waals surface area (Å²) in [6.07, 6.45) is 0. The van der Waals surface area contributed by atoms with Crippen LogP contribution >= 0.6 is 0 Å². The molecule has 0 spiro atoms. The Bertz CT molecular complexity index is 759. The monoisotopic (exact) mass is 283 g/mol. The number of aromatic nitrogens is 1. The van der Waals surface area contributed by atoms with Crippen molar-refractivity contribution in [2.75, 3.05) is 5.43 Å². The van der Waals surface area contributed by atoms with Crippen molar-refractivity contribution in [3.05, 3.63) is 66.0 Å². The fourth-order valence-electron chi connectivity index (χ4n) is 2.09. The third-order valence-corrected chi connectivity index (χ3v) is 3.15. The number of ether oxygens (including phenoxy) is 1. The highest BCUT2D eigenvalue weighted by atomic mass is 19.1. The quantitative estimate of drug-likeness (QED) is 0.570. The highest BCUT2D eigenvalue weighted by molar-refractivity contribution is 5.81. The van der Waals surface area contributed by atoms with Gasteiger partial charge in [-0.15, -0.1) is 0 Å². The summed E-state index contributed by atoms with van der Waals surface area (Å²) >= 11 is 0. The van der Waals surface area contributed by atoms with Crippen molar-refractivity contribution in [2.45, 2.75) is 6.61 Å². The number of hydrogen-bond acceptors (Lipinski definition) is 4. The maximum atomic E-state index is 12.9. The molecule has 0 radical (unpaired) electrons. The normalized spacial score (nSPS) is 10.6. The lowest BCUT2D eigenvalue weighted by atomic mass is 10.1. The highest BCUT2D eigenvalue weighted by Crippen LogP contribution is 2.22. The Labute approximate surface area is 121 Å². The number of nitrogens with zero attached hydrogens (tertiary/aromatic N) is 1. The van der Waals surface area contributed by atoms with Gasteiger partial charge in [0.1, 0.15) is 24.0 Å². The molecule has 0 aliphatic rings. The molecule has 5 heteroatoms. The van der Waals surface area contributed by atoms with Gasteiger partial charge < -0.3 is 10.2 Å². The van der Waals surface area contributed by atoms with E-state index in [0.29, 0.717) is 18.2 Å². The molecule has 4 nitrogen and oxygen atoms in total. The smallest absolute Gasteiger partial charge is 0.147 e. The molecule has 0 aliphatic carbocycles. The van der Waals surface area contributed by atoms with Crippen LogP contribution in [0.5, 0.6) is 5.75 Å². The molecular weight excluding hydrogens is 269 g/mol. The van der Waals surface area contributed by atoms with E-state index in [1.54, 1.807) is 12.1 Å². The van der Waals surface area contributed by atoms with Crippen molar-refractivity contribution in [3.8, 4) is 5.75 Å². The maximum Gasteiger partial charge on any atom is 0.147 e. The van der Waals surface area contributed by atoms with Gasteiger partial charge in [-0.1, -0.05) is 18.2 Å². The Morgan fingerprint density at radius 1 is 1.10 bits per heavy atom. The molecule has 0 atom stereocenters. The van der Waals surface area contributed by atoms with Crippen LogP contribution in [0.15, 0.2) is 54.6 Å². The van der Waals surface area contributed by atoms with E-state index < -0.39 is 0 Å². The molecule has 3 N–H and O–H groups in total. The van der Waals surface area contributed by atoms with Crippen LogP contribution in [0.4, 0.5) is 10.2 Å². The Morgan fingerprint density at radius 2 is 1.86 bits per heavy atom. The average Bonchev–Trinajstić information content (AvgIpc) is 2.53. The van der Waals surface area contributed by atoms with E-state index in [2.05, 4.69) is 10.4 Å². The molecule has 3 aromatic rings. The minimum Gasteiger partial charge on any atom is -0.489 e. The Kier molecular flexibility index (Phi) is 3.66. The third kappa shape index (κ3) is 2.93. The number of nitrogen functional groups attached to an aromatic ring is 1. The van der Waals surface area contributed by atoms with Gasteiger partial charge in [-0.05, 0) is 36.4 Å². The lowest BCUT2D eigenvalue weighted by molar-refractivity contribution is 0.306. The van der Waals surface area contributed by atoms with Crippen LogP contribution in [0.3, 0.4) is 0 Å². The standard InChI is InChI=1S/C16H14FN3O/c17-13-5-7-14(8-6-13)21-10-12-9-11-3-1-2-4-15(11)19-16(12)20-18/h1-9H,10,18H2,(H,19,20). The van der Waals surface area contributed by atoms with Crippen LogP contribution in [0.25, 0.3) is 10.9 Å². The predicted molar refractivity (Wildman–Crippen MR) is 80.3 cm³/mol. The van der Waals surface area contributed by atoms with E-state index in [0.717, 1.165) is 16.5 Å². The van der Waals surface area contributed by atoms with Crippen molar-refractivity contribution < 1.29 is 9.13 Å². The molecule has 0 saturated heterocycles. The molecule has 1 aromatic heterocycles. The fourth-order valence-corrected chi connectivity index (χ4v) is 2.09. The molecule has 0 amide bonds. The number of halogens is 1. The summed E-state index contributed by atoms with van der Waals surface area (Å²) in [5.74, 6) is 6.38. The molecule has 1 heterocycles. The molecule has 0 aliphatic heterocycles.